The molecule has 2 nitrogen and oxygen atoms in total. The summed E-state index contributed by atoms with van der Waals surface area (Å²) in [7, 11) is 0. The number of aryl methyl sites for hydroxylation is 1. The summed E-state index contributed by atoms with van der Waals surface area (Å²) in [5.74, 6) is 0.535. The second-order valence-electron chi connectivity index (χ2n) is 4.87. The number of rotatable bonds is 5. The molecule has 0 aliphatic heterocycles. The Balaban J connectivity index is 2.32. The first-order chi connectivity index (χ1) is 9.63. The van der Waals surface area contributed by atoms with E-state index in [1.165, 1.54) is 6.07 Å². The van der Waals surface area contributed by atoms with Gasteiger partial charge in [0.2, 0.25) is 0 Å². The van der Waals surface area contributed by atoms with Crippen LogP contribution in [0.4, 0.5) is 4.39 Å². The van der Waals surface area contributed by atoms with Crippen LogP contribution < -0.4 is 10.5 Å². The average Bonchev–Trinajstić information content (AvgIpc) is 2.47. The van der Waals surface area contributed by atoms with E-state index in [4.69, 9.17) is 10.5 Å². The zero-order chi connectivity index (χ0) is 14.5. The SMILES string of the molecule is CCCOc1ccccc1C(N)c1ccc(C)c(F)c1. The quantitative estimate of drug-likeness (QED) is 0.894. The van der Waals surface area contributed by atoms with E-state index in [0.29, 0.717) is 12.2 Å². The summed E-state index contributed by atoms with van der Waals surface area (Å²) in [6, 6.07) is 12.4. The van der Waals surface area contributed by atoms with Gasteiger partial charge in [-0.15, -0.1) is 0 Å². The fourth-order valence-corrected chi connectivity index (χ4v) is 2.06. The fourth-order valence-electron chi connectivity index (χ4n) is 2.06. The minimum atomic E-state index is -0.391. The van der Waals surface area contributed by atoms with E-state index >= 15 is 0 Å². The fraction of sp³-hybridized carbons (Fsp3) is 0.294. The Bertz CT molecular complexity index is 583. The summed E-state index contributed by atoms with van der Waals surface area (Å²) in [5.41, 5.74) is 8.51. The molecule has 2 N–H and O–H groups in total. The molecule has 0 amide bonds. The van der Waals surface area contributed by atoms with Crippen molar-refractivity contribution in [2.24, 2.45) is 5.73 Å². The van der Waals surface area contributed by atoms with Crippen molar-refractivity contribution in [3.8, 4) is 5.75 Å². The first kappa shape index (κ1) is 14.5. The molecule has 0 saturated heterocycles. The lowest BCUT2D eigenvalue weighted by Gasteiger charge is -2.17. The molecule has 2 rings (SSSR count). The summed E-state index contributed by atoms with van der Waals surface area (Å²) in [4.78, 5) is 0. The molecule has 0 spiro atoms. The van der Waals surface area contributed by atoms with Crippen LogP contribution in [-0.2, 0) is 0 Å². The van der Waals surface area contributed by atoms with Crippen molar-refractivity contribution in [2.45, 2.75) is 26.3 Å². The first-order valence-corrected chi connectivity index (χ1v) is 6.86. The smallest absolute Gasteiger partial charge is 0.126 e. The molecule has 2 aromatic rings. The highest BCUT2D eigenvalue weighted by Gasteiger charge is 2.15. The van der Waals surface area contributed by atoms with Gasteiger partial charge in [-0.1, -0.05) is 37.3 Å². The van der Waals surface area contributed by atoms with Crippen LogP contribution in [0.2, 0.25) is 0 Å². The second-order valence-corrected chi connectivity index (χ2v) is 4.87. The van der Waals surface area contributed by atoms with Gasteiger partial charge in [0.15, 0.2) is 0 Å². The third-order valence-electron chi connectivity index (χ3n) is 3.27. The summed E-state index contributed by atoms with van der Waals surface area (Å²) in [5, 5.41) is 0. The number of benzene rings is 2. The molecular formula is C17H20FNO. The predicted molar refractivity (Wildman–Crippen MR) is 79.4 cm³/mol. The van der Waals surface area contributed by atoms with Gasteiger partial charge >= 0.3 is 0 Å². The second kappa shape index (κ2) is 6.53. The molecule has 1 unspecified atom stereocenters. The van der Waals surface area contributed by atoms with E-state index in [2.05, 4.69) is 6.92 Å². The van der Waals surface area contributed by atoms with Crippen LogP contribution in [0.25, 0.3) is 0 Å². The van der Waals surface area contributed by atoms with E-state index in [1.807, 2.05) is 30.3 Å². The van der Waals surface area contributed by atoms with E-state index in [-0.39, 0.29) is 5.82 Å². The van der Waals surface area contributed by atoms with Crippen molar-refractivity contribution in [2.75, 3.05) is 6.61 Å². The van der Waals surface area contributed by atoms with Gasteiger partial charge in [-0.2, -0.15) is 0 Å². The summed E-state index contributed by atoms with van der Waals surface area (Å²) in [6.45, 7) is 4.44. The third kappa shape index (κ3) is 3.17. The maximum Gasteiger partial charge on any atom is 0.126 e. The maximum absolute atomic E-state index is 13.7. The first-order valence-electron chi connectivity index (χ1n) is 6.86. The molecular weight excluding hydrogens is 253 g/mol. The summed E-state index contributed by atoms with van der Waals surface area (Å²) in [6.07, 6.45) is 0.933. The van der Waals surface area contributed by atoms with Crippen LogP contribution >= 0.6 is 0 Å². The van der Waals surface area contributed by atoms with Crippen molar-refractivity contribution in [3.63, 3.8) is 0 Å². The van der Waals surface area contributed by atoms with Crippen LogP contribution in [0.5, 0.6) is 5.75 Å². The van der Waals surface area contributed by atoms with Crippen molar-refractivity contribution < 1.29 is 9.13 Å². The molecule has 20 heavy (non-hydrogen) atoms. The molecule has 2 aromatic carbocycles. The molecule has 0 aliphatic rings. The lowest BCUT2D eigenvalue weighted by molar-refractivity contribution is 0.313. The Labute approximate surface area is 119 Å². The normalized spacial score (nSPS) is 12.2. The molecule has 0 radical (unpaired) electrons. The topological polar surface area (TPSA) is 35.2 Å². The van der Waals surface area contributed by atoms with Gasteiger partial charge in [0.25, 0.3) is 0 Å². The number of hydrogen-bond acceptors (Lipinski definition) is 2. The molecule has 0 aliphatic carbocycles. The van der Waals surface area contributed by atoms with Crippen molar-refractivity contribution in [1.29, 1.82) is 0 Å². The number of hydrogen-bond donors (Lipinski definition) is 1. The van der Waals surface area contributed by atoms with Gasteiger partial charge in [0.1, 0.15) is 11.6 Å². The Hall–Kier alpha value is -1.87. The molecule has 0 fully saturated rings. The Morgan fingerprint density at radius 3 is 2.65 bits per heavy atom. The molecule has 0 aromatic heterocycles. The minimum absolute atomic E-state index is 0.232. The standard InChI is InChI=1S/C17H20FNO/c1-3-10-20-16-7-5-4-6-14(16)17(19)13-9-8-12(2)15(18)11-13/h4-9,11,17H,3,10,19H2,1-2H3. The molecule has 3 heteroatoms. The predicted octanol–water partition coefficient (Wildman–Crippen LogP) is 3.97. The highest BCUT2D eigenvalue weighted by Crippen LogP contribution is 2.29. The van der Waals surface area contributed by atoms with E-state index in [1.54, 1.807) is 13.0 Å². The van der Waals surface area contributed by atoms with Gasteiger partial charge in [-0.3, -0.25) is 0 Å². The van der Waals surface area contributed by atoms with Gasteiger partial charge < -0.3 is 10.5 Å². The van der Waals surface area contributed by atoms with Crippen LogP contribution in [0.15, 0.2) is 42.5 Å². The van der Waals surface area contributed by atoms with Crippen LogP contribution in [0.3, 0.4) is 0 Å². The lowest BCUT2D eigenvalue weighted by atomic mass is 9.97. The van der Waals surface area contributed by atoms with E-state index in [9.17, 15) is 4.39 Å². The highest BCUT2D eigenvalue weighted by molar-refractivity contribution is 5.42. The van der Waals surface area contributed by atoms with Gasteiger partial charge in [-0.25, -0.2) is 4.39 Å². The number of halogens is 1. The Morgan fingerprint density at radius 1 is 1.20 bits per heavy atom. The van der Waals surface area contributed by atoms with Gasteiger partial charge in [0.05, 0.1) is 12.6 Å². The maximum atomic E-state index is 13.7. The molecule has 0 saturated carbocycles. The van der Waals surface area contributed by atoms with Crippen molar-refractivity contribution in [1.82, 2.24) is 0 Å². The van der Waals surface area contributed by atoms with Crippen molar-refractivity contribution >= 4 is 0 Å². The van der Waals surface area contributed by atoms with Crippen LogP contribution in [0.1, 0.15) is 36.1 Å². The van der Waals surface area contributed by atoms with Crippen LogP contribution in [0, 0.1) is 12.7 Å². The van der Waals surface area contributed by atoms with E-state index in [0.717, 1.165) is 23.3 Å². The minimum Gasteiger partial charge on any atom is -0.493 e. The molecule has 0 bridgehead atoms. The van der Waals surface area contributed by atoms with E-state index < -0.39 is 6.04 Å². The zero-order valence-corrected chi connectivity index (χ0v) is 11.9. The number of ether oxygens (including phenoxy) is 1. The third-order valence-corrected chi connectivity index (χ3v) is 3.27. The largest absolute Gasteiger partial charge is 0.493 e. The molecule has 1 atom stereocenters. The zero-order valence-electron chi connectivity index (χ0n) is 11.9. The number of nitrogens with two attached hydrogens (primary N) is 1. The van der Waals surface area contributed by atoms with Crippen LogP contribution in [-0.4, -0.2) is 6.61 Å². The van der Waals surface area contributed by atoms with Gasteiger partial charge in [-0.05, 0) is 36.6 Å². The average molecular weight is 273 g/mol. The number of para-hydroxylation sites is 1. The summed E-state index contributed by atoms with van der Waals surface area (Å²) < 4.78 is 19.4. The Morgan fingerprint density at radius 2 is 1.95 bits per heavy atom. The monoisotopic (exact) mass is 273 g/mol. The Kier molecular flexibility index (Phi) is 4.74. The highest BCUT2D eigenvalue weighted by atomic mass is 19.1. The van der Waals surface area contributed by atoms with Crippen molar-refractivity contribution in [3.05, 3.63) is 65.0 Å². The molecule has 0 heterocycles. The molecule has 106 valence electrons. The summed E-state index contributed by atoms with van der Waals surface area (Å²) >= 11 is 0. The van der Waals surface area contributed by atoms with Gasteiger partial charge in [0, 0.05) is 5.56 Å². The lowest BCUT2D eigenvalue weighted by Crippen LogP contribution is -2.14.